The van der Waals surface area contributed by atoms with Crippen LogP contribution in [0.15, 0.2) is 34.2 Å². The molecule has 3 atom stereocenters. The fourth-order valence-corrected chi connectivity index (χ4v) is 6.13. The number of likely N-dealkylation sites (N-methyl/N-ethyl adjacent to an activating group) is 1. The molecule has 2 aliphatic heterocycles. The lowest BCUT2D eigenvalue weighted by Gasteiger charge is -2.44. The van der Waals surface area contributed by atoms with Crippen LogP contribution in [0.5, 0.6) is 0 Å². The summed E-state index contributed by atoms with van der Waals surface area (Å²) in [5.41, 5.74) is -0.829. The number of alkyl halides is 3. The van der Waals surface area contributed by atoms with E-state index in [1.807, 2.05) is 25.8 Å². The van der Waals surface area contributed by atoms with Crippen molar-refractivity contribution in [1.29, 1.82) is 0 Å². The molecular weight excluding hydrogens is 588 g/mol. The van der Waals surface area contributed by atoms with Crippen molar-refractivity contribution < 1.29 is 31.9 Å². The number of carbonyl (C=O) groups is 3. The van der Waals surface area contributed by atoms with E-state index in [1.165, 1.54) is 17.5 Å². The normalized spacial score (nSPS) is 22.9. The number of aliphatic imine (C=N–C) groups is 1. The minimum Gasteiger partial charge on any atom is -0.367 e. The number of hydrogen-bond donors (Lipinski definition) is 1. The van der Waals surface area contributed by atoms with E-state index in [-0.39, 0.29) is 39.9 Å². The number of nitrogens with one attached hydrogen (secondary N) is 1. The lowest BCUT2D eigenvalue weighted by Crippen LogP contribution is -2.55. The highest BCUT2D eigenvalue weighted by atomic mass is 32.1. The Morgan fingerprint density at radius 2 is 1.84 bits per heavy atom. The largest absolute Gasteiger partial charge is 0.414 e. The second kappa shape index (κ2) is 11.8. The van der Waals surface area contributed by atoms with Gasteiger partial charge in [-0.1, -0.05) is 0 Å². The van der Waals surface area contributed by atoms with Gasteiger partial charge in [0.1, 0.15) is 22.4 Å². The van der Waals surface area contributed by atoms with Crippen molar-refractivity contribution in [1.82, 2.24) is 14.8 Å². The third-order valence-corrected chi connectivity index (χ3v) is 9.02. The van der Waals surface area contributed by atoms with E-state index in [4.69, 9.17) is 0 Å². The van der Waals surface area contributed by atoms with Crippen molar-refractivity contribution in [3.63, 3.8) is 0 Å². The van der Waals surface area contributed by atoms with E-state index in [9.17, 15) is 27.6 Å². The van der Waals surface area contributed by atoms with Gasteiger partial charge >= 0.3 is 6.18 Å². The van der Waals surface area contributed by atoms with Crippen molar-refractivity contribution >= 4 is 46.6 Å². The molecule has 14 heteroatoms. The number of carbonyl (C=O) groups excluding carboxylic acids is 3. The number of amides is 3. The predicted molar refractivity (Wildman–Crippen MR) is 156 cm³/mol. The first kappa shape index (κ1) is 30.8. The van der Waals surface area contributed by atoms with Gasteiger partial charge in [0.25, 0.3) is 11.8 Å². The van der Waals surface area contributed by atoms with Crippen molar-refractivity contribution in [3.05, 3.63) is 40.7 Å². The van der Waals surface area contributed by atoms with E-state index < -0.39 is 35.3 Å². The van der Waals surface area contributed by atoms with E-state index in [2.05, 4.69) is 20.2 Å². The van der Waals surface area contributed by atoms with Gasteiger partial charge in [-0.25, -0.2) is 14.4 Å². The zero-order valence-corrected chi connectivity index (χ0v) is 24.9. The number of benzene rings is 1. The lowest BCUT2D eigenvalue weighted by atomic mass is 9.95. The summed E-state index contributed by atoms with van der Waals surface area (Å²) < 4.78 is 56.9. The Morgan fingerprint density at radius 1 is 1.16 bits per heavy atom. The summed E-state index contributed by atoms with van der Waals surface area (Å²) >= 11 is 1.05. The van der Waals surface area contributed by atoms with Gasteiger partial charge in [0.15, 0.2) is 0 Å². The van der Waals surface area contributed by atoms with Gasteiger partial charge in [-0.3, -0.25) is 19.3 Å². The van der Waals surface area contributed by atoms with Gasteiger partial charge in [0, 0.05) is 68.1 Å². The van der Waals surface area contributed by atoms with Crippen molar-refractivity contribution in [3.8, 4) is 10.6 Å². The number of nitrogens with zero attached hydrogens (tertiary/aromatic N) is 5. The van der Waals surface area contributed by atoms with Crippen LogP contribution < -0.4 is 10.2 Å². The molecule has 0 bridgehead atoms. The number of thiazole rings is 1. The van der Waals surface area contributed by atoms with Crippen molar-refractivity contribution in [2.45, 2.75) is 44.9 Å². The topological polar surface area (TPSA) is 98.2 Å². The Kier molecular flexibility index (Phi) is 8.45. The molecule has 0 spiro atoms. The minimum absolute atomic E-state index is 0.0118. The van der Waals surface area contributed by atoms with Crippen LogP contribution in [0.3, 0.4) is 0 Å². The Balaban J connectivity index is 1.50. The average molecular weight is 621 g/mol. The van der Waals surface area contributed by atoms with Crippen molar-refractivity contribution in [2.24, 2.45) is 16.8 Å². The first-order valence-electron chi connectivity index (χ1n) is 13.9. The molecule has 0 radical (unpaired) electrons. The van der Waals surface area contributed by atoms with Gasteiger partial charge < -0.3 is 15.1 Å². The van der Waals surface area contributed by atoms with Gasteiger partial charge in [0.05, 0.1) is 16.9 Å². The van der Waals surface area contributed by atoms with Gasteiger partial charge in [-0.15, -0.1) is 11.3 Å². The number of rotatable bonds is 7. The summed E-state index contributed by atoms with van der Waals surface area (Å²) in [6, 6.07) is 2.69. The summed E-state index contributed by atoms with van der Waals surface area (Å²) in [5, 5.41) is 4.26. The molecule has 1 unspecified atom stereocenters. The van der Waals surface area contributed by atoms with Crippen LogP contribution in [-0.2, 0) is 9.59 Å². The fraction of sp³-hybridized carbons (Fsp3) is 0.483. The average Bonchev–Trinajstić information content (AvgIpc) is 3.62. The zero-order chi connectivity index (χ0) is 31.2. The van der Waals surface area contributed by atoms with Crippen LogP contribution in [0, 0.1) is 17.7 Å². The van der Waals surface area contributed by atoms with Crippen LogP contribution >= 0.6 is 11.3 Å². The van der Waals surface area contributed by atoms with E-state index >= 15 is 4.39 Å². The molecule has 1 aromatic heterocycles. The van der Waals surface area contributed by atoms with Gasteiger partial charge in [0.2, 0.25) is 5.91 Å². The summed E-state index contributed by atoms with van der Waals surface area (Å²) in [6.07, 6.45) is -1.83. The molecule has 9 nitrogen and oxygen atoms in total. The molecule has 1 aromatic carbocycles. The second-order valence-electron chi connectivity index (χ2n) is 11.5. The summed E-state index contributed by atoms with van der Waals surface area (Å²) in [4.78, 5) is 51.2. The fourth-order valence-electron chi connectivity index (χ4n) is 5.32. The highest BCUT2D eigenvalue weighted by Gasteiger charge is 2.43. The smallest absolute Gasteiger partial charge is 0.367 e. The molecule has 1 saturated carbocycles. The monoisotopic (exact) mass is 620 g/mol. The molecule has 2 fully saturated rings. The second-order valence-corrected chi connectivity index (χ2v) is 12.3. The van der Waals surface area contributed by atoms with Crippen LogP contribution in [0.2, 0.25) is 0 Å². The predicted octanol–water partition coefficient (Wildman–Crippen LogP) is 4.61. The summed E-state index contributed by atoms with van der Waals surface area (Å²) in [5.74, 6) is -4.55. The highest BCUT2D eigenvalue weighted by molar-refractivity contribution is 7.13. The Morgan fingerprint density at radius 3 is 2.47 bits per heavy atom. The minimum atomic E-state index is -4.94. The van der Waals surface area contributed by atoms with E-state index in [0.717, 1.165) is 24.2 Å². The molecule has 3 amide bonds. The number of aromatic nitrogens is 1. The maximum absolute atomic E-state index is 15.7. The Hall–Kier alpha value is -3.65. The first-order chi connectivity index (χ1) is 20.2. The first-order valence-corrected chi connectivity index (χ1v) is 14.8. The standard InChI is InChI=1S/C29H32F4N6O3S/c1-15-11-39(12-16(2)38(15)4)24-9-21(30)18(27-36-23(14-43-27)28(42)37(3)13-17-5-6-17)7-22(24)35-26(41)19-10-34-25(40)8-20(19)29(31,32)33/h7-10,14-17,19H,5-6,11-13H2,1-4H3,(H,35,41)/t15-,16+,19?. The van der Waals surface area contributed by atoms with Crippen LogP contribution in [0.1, 0.15) is 37.2 Å². The van der Waals surface area contributed by atoms with Gasteiger partial charge in [-0.2, -0.15) is 13.2 Å². The van der Waals surface area contributed by atoms with E-state index in [0.29, 0.717) is 43.5 Å². The van der Waals surface area contributed by atoms with Crippen LogP contribution in [0.25, 0.3) is 10.6 Å². The molecule has 1 saturated heterocycles. The lowest BCUT2D eigenvalue weighted by molar-refractivity contribution is -0.124. The van der Waals surface area contributed by atoms with Crippen LogP contribution in [-0.4, -0.2) is 90.7 Å². The number of anilines is 2. The van der Waals surface area contributed by atoms with Gasteiger partial charge in [-0.05, 0) is 45.7 Å². The maximum Gasteiger partial charge on any atom is 0.414 e. The molecule has 3 aliphatic rings. The highest BCUT2D eigenvalue weighted by Crippen LogP contribution is 2.39. The van der Waals surface area contributed by atoms with E-state index in [1.54, 1.807) is 11.9 Å². The number of halogens is 4. The van der Waals surface area contributed by atoms with Crippen LogP contribution in [0.4, 0.5) is 28.9 Å². The molecular formula is C29H32F4N6O3S. The molecule has 5 rings (SSSR count). The Bertz CT molecular complexity index is 1490. The number of piperazine rings is 1. The molecule has 3 heterocycles. The summed E-state index contributed by atoms with van der Waals surface area (Å²) in [6.45, 7) is 5.54. The third-order valence-electron chi connectivity index (χ3n) is 8.15. The third kappa shape index (κ3) is 6.64. The molecule has 1 N–H and O–H groups in total. The number of hydrogen-bond acceptors (Lipinski definition) is 7. The molecule has 43 heavy (non-hydrogen) atoms. The molecule has 2 aromatic rings. The zero-order valence-electron chi connectivity index (χ0n) is 24.1. The molecule has 1 aliphatic carbocycles. The maximum atomic E-state index is 15.7. The SMILES string of the molecule is C[C@@H]1CN(c2cc(F)c(-c3nc(C(=O)N(C)CC4CC4)cs3)cc2NC(=O)C2C=NC(=O)C=C2C(F)(F)F)C[C@H](C)N1C. The quantitative estimate of drug-likeness (QED) is 0.454. The Labute approximate surface area is 250 Å². The number of dihydropyridines is 1. The molecule has 230 valence electrons. The summed E-state index contributed by atoms with van der Waals surface area (Å²) in [7, 11) is 3.66. The van der Waals surface area contributed by atoms with Crippen molar-refractivity contribution in [2.75, 3.05) is 43.9 Å².